The Labute approximate surface area is 142 Å². The molecule has 0 atom stereocenters. The van der Waals surface area contributed by atoms with Gasteiger partial charge in [-0.1, -0.05) is 0 Å². The molecule has 0 radical (unpaired) electrons. The molecule has 130 valence electrons. The number of hydrogen-bond donors (Lipinski definition) is 2. The summed E-state index contributed by atoms with van der Waals surface area (Å²) in [7, 11) is 0. The Hall–Kier alpha value is -2.18. The lowest BCUT2D eigenvalue weighted by Crippen LogP contribution is -2.47. The zero-order chi connectivity index (χ0) is 16.9. The second kappa shape index (κ2) is 7.59. The average molecular weight is 331 g/mol. The molecule has 0 unspecified atom stereocenters. The Bertz CT molecular complexity index is 611. The van der Waals surface area contributed by atoms with E-state index in [1.54, 1.807) is 6.33 Å². The monoisotopic (exact) mass is 331 g/mol. The number of carbonyl (C=O) groups is 2. The summed E-state index contributed by atoms with van der Waals surface area (Å²) in [5.74, 6) is 0.777. The van der Waals surface area contributed by atoms with Crippen LogP contribution in [-0.4, -0.2) is 47.5 Å². The van der Waals surface area contributed by atoms with Crippen LogP contribution in [0.15, 0.2) is 6.33 Å². The van der Waals surface area contributed by atoms with Gasteiger partial charge in [0, 0.05) is 37.3 Å². The molecular weight excluding hydrogens is 306 g/mol. The van der Waals surface area contributed by atoms with Gasteiger partial charge in [0.25, 0.3) is 0 Å². The van der Waals surface area contributed by atoms with Crippen LogP contribution in [0.2, 0.25) is 0 Å². The van der Waals surface area contributed by atoms with E-state index in [9.17, 15) is 9.59 Å². The van der Waals surface area contributed by atoms with E-state index in [1.807, 2.05) is 0 Å². The standard InChI is InChI=1S/C17H25N5O2/c1-12(23)18-10-16(24)21-13-6-8-22(9-7-13)17-14-4-2-3-5-15(14)19-11-20-17/h11,13H,2-10H2,1H3,(H,18,23)(H,21,24). The normalized spacial score (nSPS) is 18.0. The molecule has 0 saturated carbocycles. The fraction of sp³-hybridized carbons (Fsp3) is 0.647. The molecule has 7 heteroatoms. The molecule has 1 aliphatic carbocycles. The quantitative estimate of drug-likeness (QED) is 0.842. The number of aryl methyl sites for hydroxylation is 1. The number of amides is 2. The maximum Gasteiger partial charge on any atom is 0.239 e. The van der Waals surface area contributed by atoms with Crippen molar-refractivity contribution in [2.24, 2.45) is 0 Å². The van der Waals surface area contributed by atoms with Crippen LogP contribution < -0.4 is 15.5 Å². The van der Waals surface area contributed by atoms with Gasteiger partial charge in [-0.05, 0) is 38.5 Å². The summed E-state index contributed by atoms with van der Waals surface area (Å²) in [5, 5.41) is 5.52. The van der Waals surface area contributed by atoms with Gasteiger partial charge in [0.1, 0.15) is 12.1 Å². The molecule has 1 aromatic heterocycles. The average Bonchev–Trinajstić information content (AvgIpc) is 2.60. The van der Waals surface area contributed by atoms with Gasteiger partial charge in [-0.2, -0.15) is 0 Å². The number of anilines is 1. The first-order valence-electron chi connectivity index (χ1n) is 8.75. The number of carbonyl (C=O) groups excluding carboxylic acids is 2. The summed E-state index contributed by atoms with van der Waals surface area (Å²) in [6.45, 7) is 3.23. The van der Waals surface area contributed by atoms with Crippen molar-refractivity contribution in [3.63, 3.8) is 0 Å². The van der Waals surface area contributed by atoms with Crippen LogP contribution in [0, 0.1) is 0 Å². The van der Waals surface area contributed by atoms with Crippen LogP contribution in [0.4, 0.5) is 5.82 Å². The van der Waals surface area contributed by atoms with E-state index in [0.29, 0.717) is 0 Å². The molecule has 2 heterocycles. The second-order valence-corrected chi connectivity index (χ2v) is 6.57. The van der Waals surface area contributed by atoms with Crippen molar-refractivity contribution in [1.82, 2.24) is 20.6 Å². The fourth-order valence-electron chi connectivity index (χ4n) is 3.50. The van der Waals surface area contributed by atoms with Crippen molar-refractivity contribution in [2.45, 2.75) is 51.5 Å². The van der Waals surface area contributed by atoms with Crippen molar-refractivity contribution >= 4 is 17.6 Å². The summed E-state index contributed by atoms with van der Waals surface area (Å²) < 4.78 is 0. The summed E-state index contributed by atoms with van der Waals surface area (Å²) in [4.78, 5) is 33.9. The molecule has 1 saturated heterocycles. The fourth-order valence-corrected chi connectivity index (χ4v) is 3.50. The Morgan fingerprint density at radius 2 is 1.96 bits per heavy atom. The summed E-state index contributed by atoms with van der Waals surface area (Å²) in [6.07, 6.45) is 8.02. The Balaban J connectivity index is 1.54. The minimum absolute atomic E-state index is 0.0506. The highest BCUT2D eigenvalue weighted by Gasteiger charge is 2.25. The molecule has 0 bridgehead atoms. The maximum atomic E-state index is 11.8. The highest BCUT2D eigenvalue weighted by atomic mass is 16.2. The minimum Gasteiger partial charge on any atom is -0.356 e. The van der Waals surface area contributed by atoms with Gasteiger partial charge in [-0.3, -0.25) is 9.59 Å². The topological polar surface area (TPSA) is 87.2 Å². The first kappa shape index (κ1) is 16.7. The van der Waals surface area contributed by atoms with Crippen molar-refractivity contribution in [2.75, 3.05) is 24.5 Å². The lowest BCUT2D eigenvalue weighted by molar-refractivity contribution is -0.125. The van der Waals surface area contributed by atoms with Gasteiger partial charge >= 0.3 is 0 Å². The zero-order valence-corrected chi connectivity index (χ0v) is 14.2. The molecule has 0 aromatic carbocycles. The summed E-state index contributed by atoms with van der Waals surface area (Å²) >= 11 is 0. The molecule has 0 spiro atoms. The van der Waals surface area contributed by atoms with Crippen LogP contribution in [0.5, 0.6) is 0 Å². The van der Waals surface area contributed by atoms with Crippen molar-refractivity contribution < 1.29 is 9.59 Å². The van der Waals surface area contributed by atoms with Gasteiger partial charge in [0.2, 0.25) is 11.8 Å². The van der Waals surface area contributed by atoms with Crippen LogP contribution >= 0.6 is 0 Å². The van der Waals surface area contributed by atoms with E-state index in [-0.39, 0.29) is 24.4 Å². The molecule has 2 amide bonds. The first-order valence-corrected chi connectivity index (χ1v) is 8.75. The maximum absolute atomic E-state index is 11.8. The van der Waals surface area contributed by atoms with Gasteiger partial charge < -0.3 is 15.5 Å². The third-order valence-electron chi connectivity index (χ3n) is 4.76. The number of nitrogens with one attached hydrogen (secondary N) is 2. The summed E-state index contributed by atoms with van der Waals surface area (Å²) in [6, 6.07) is 0.167. The van der Waals surface area contributed by atoms with E-state index in [2.05, 4.69) is 25.5 Å². The van der Waals surface area contributed by atoms with Crippen LogP contribution in [0.1, 0.15) is 43.9 Å². The van der Waals surface area contributed by atoms with Gasteiger partial charge in [0.15, 0.2) is 0 Å². The van der Waals surface area contributed by atoms with E-state index in [4.69, 9.17) is 0 Å². The SMILES string of the molecule is CC(=O)NCC(=O)NC1CCN(c2ncnc3c2CCCC3)CC1. The van der Waals surface area contributed by atoms with Crippen molar-refractivity contribution in [3.05, 3.63) is 17.6 Å². The second-order valence-electron chi connectivity index (χ2n) is 6.57. The zero-order valence-electron chi connectivity index (χ0n) is 14.2. The molecular formula is C17H25N5O2. The number of hydrogen-bond acceptors (Lipinski definition) is 5. The number of nitrogens with zero attached hydrogens (tertiary/aromatic N) is 3. The predicted octanol–water partition coefficient (Wildman–Crippen LogP) is 0.577. The summed E-state index contributed by atoms with van der Waals surface area (Å²) in [5.41, 5.74) is 2.52. The molecule has 1 aliphatic heterocycles. The number of rotatable bonds is 4. The number of aromatic nitrogens is 2. The van der Waals surface area contributed by atoms with Crippen LogP contribution in [0.25, 0.3) is 0 Å². The lowest BCUT2D eigenvalue weighted by atomic mass is 9.95. The smallest absolute Gasteiger partial charge is 0.239 e. The van der Waals surface area contributed by atoms with E-state index in [0.717, 1.165) is 44.6 Å². The number of piperidine rings is 1. The number of fused-ring (bicyclic) bond motifs is 1. The third kappa shape index (κ3) is 4.01. The first-order chi connectivity index (χ1) is 11.6. The van der Waals surface area contributed by atoms with Crippen LogP contribution in [-0.2, 0) is 22.4 Å². The molecule has 2 N–H and O–H groups in total. The van der Waals surface area contributed by atoms with Gasteiger partial charge in [-0.25, -0.2) is 9.97 Å². The molecule has 1 fully saturated rings. The Morgan fingerprint density at radius 3 is 2.71 bits per heavy atom. The molecule has 3 rings (SSSR count). The van der Waals surface area contributed by atoms with Crippen molar-refractivity contribution in [1.29, 1.82) is 0 Å². The largest absolute Gasteiger partial charge is 0.356 e. The molecule has 7 nitrogen and oxygen atoms in total. The Kier molecular flexibility index (Phi) is 5.27. The van der Waals surface area contributed by atoms with E-state index >= 15 is 0 Å². The predicted molar refractivity (Wildman–Crippen MR) is 90.7 cm³/mol. The highest BCUT2D eigenvalue weighted by molar-refractivity contribution is 5.83. The van der Waals surface area contributed by atoms with Gasteiger partial charge in [-0.15, -0.1) is 0 Å². The Morgan fingerprint density at radius 1 is 1.21 bits per heavy atom. The highest BCUT2D eigenvalue weighted by Crippen LogP contribution is 2.28. The van der Waals surface area contributed by atoms with Crippen molar-refractivity contribution in [3.8, 4) is 0 Å². The van der Waals surface area contributed by atoms with E-state index < -0.39 is 0 Å². The molecule has 1 aromatic rings. The molecule has 2 aliphatic rings. The van der Waals surface area contributed by atoms with E-state index in [1.165, 1.54) is 31.0 Å². The third-order valence-corrected chi connectivity index (χ3v) is 4.76. The van der Waals surface area contributed by atoms with Gasteiger partial charge in [0.05, 0.1) is 6.54 Å². The minimum atomic E-state index is -0.187. The van der Waals surface area contributed by atoms with Crippen LogP contribution in [0.3, 0.4) is 0 Å². The lowest BCUT2D eigenvalue weighted by Gasteiger charge is -2.35. The molecule has 24 heavy (non-hydrogen) atoms.